The normalized spacial score (nSPS) is 19.9. The molecule has 6 heteroatoms. The maximum atomic E-state index is 11.2. The van der Waals surface area contributed by atoms with E-state index < -0.39 is 6.09 Å². The highest BCUT2D eigenvalue weighted by Gasteiger charge is 2.50. The standard InChI is InChI=1S/C22H27N3O3/c26-21(27)23-15-22(25-11-13-28-14-12-25)16-24(17-22)20(18-7-3-1-4-8-18)19-9-5-2-6-10-19/h1-10,20,23H,11-17H2,(H,26,27). The number of amides is 1. The predicted molar refractivity (Wildman–Crippen MR) is 107 cm³/mol. The molecule has 0 unspecified atom stereocenters. The van der Waals surface area contributed by atoms with Gasteiger partial charge in [-0.1, -0.05) is 60.7 Å². The van der Waals surface area contributed by atoms with Gasteiger partial charge < -0.3 is 15.2 Å². The highest BCUT2D eigenvalue weighted by molar-refractivity contribution is 5.64. The van der Waals surface area contributed by atoms with E-state index in [9.17, 15) is 4.79 Å². The molecule has 0 radical (unpaired) electrons. The molecule has 2 aromatic rings. The Labute approximate surface area is 165 Å². The quantitative estimate of drug-likeness (QED) is 0.805. The lowest BCUT2D eigenvalue weighted by molar-refractivity contribution is -0.102. The van der Waals surface area contributed by atoms with Crippen molar-refractivity contribution in [3.8, 4) is 0 Å². The molecule has 2 N–H and O–H groups in total. The van der Waals surface area contributed by atoms with Crippen molar-refractivity contribution in [3.63, 3.8) is 0 Å². The van der Waals surface area contributed by atoms with Crippen LogP contribution in [0.4, 0.5) is 4.79 Å². The first kappa shape index (κ1) is 18.9. The maximum absolute atomic E-state index is 11.2. The van der Waals surface area contributed by atoms with Gasteiger partial charge in [0.25, 0.3) is 0 Å². The van der Waals surface area contributed by atoms with E-state index in [-0.39, 0.29) is 11.6 Å². The Morgan fingerprint density at radius 1 is 1.00 bits per heavy atom. The SMILES string of the molecule is O=C(O)NCC1(N2CCOCC2)CN(C(c2ccccc2)c2ccccc2)C1. The van der Waals surface area contributed by atoms with Gasteiger partial charge in [-0.15, -0.1) is 0 Å². The number of carbonyl (C=O) groups is 1. The number of ether oxygens (including phenoxy) is 1. The molecule has 6 nitrogen and oxygen atoms in total. The monoisotopic (exact) mass is 381 g/mol. The van der Waals surface area contributed by atoms with Gasteiger partial charge in [0.1, 0.15) is 0 Å². The zero-order chi connectivity index (χ0) is 19.4. The van der Waals surface area contributed by atoms with Gasteiger partial charge in [-0.3, -0.25) is 9.80 Å². The van der Waals surface area contributed by atoms with Crippen LogP contribution in [0.15, 0.2) is 60.7 Å². The van der Waals surface area contributed by atoms with Gasteiger partial charge in [0.2, 0.25) is 0 Å². The summed E-state index contributed by atoms with van der Waals surface area (Å²) in [7, 11) is 0. The number of hydrogen-bond donors (Lipinski definition) is 2. The van der Waals surface area contributed by atoms with Crippen LogP contribution in [0.5, 0.6) is 0 Å². The summed E-state index contributed by atoms with van der Waals surface area (Å²) in [6.07, 6.45) is -0.964. The Balaban J connectivity index is 1.58. The summed E-state index contributed by atoms with van der Waals surface area (Å²) in [4.78, 5) is 16.0. The van der Waals surface area contributed by atoms with E-state index >= 15 is 0 Å². The average molecular weight is 381 g/mol. The highest BCUT2D eigenvalue weighted by Crippen LogP contribution is 2.38. The second-order valence-electron chi connectivity index (χ2n) is 7.61. The fourth-order valence-corrected chi connectivity index (χ4v) is 4.48. The summed E-state index contributed by atoms with van der Waals surface area (Å²) in [5, 5.41) is 11.8. The minimum atomic E-state index is -0.964. The lowest BCUT2D eigenvalue weighted by Gasteiger charge is -2.59. The van der Waals surface area contributed by atoms with E-state index in [1.807, 2.05) is 12.1 Å². The van der Waals surface area contributed by atoms with Gasteiger partial charge in [0, 0.05) is 32.7 Å². The number of hydrogen-bond acceptors (Lipinski definition) is 4. The summed E-state index contributed by atoms with van der Waals surface area (Å²) in [6.45, 7) is 5.18. The summed E-state index contributed by atoms with van der Waals surface area (Å²) < 4.78 is 5.51. The van der Waals surface area contributed by atoms with Crippen LogP contribution in [0.1, 0.15) is 17.2 Å². The van der Waals surface area contributed by atoms with Gasteiger partial charge in [-0.25, -0.2) is 4.79 Å². The third-order valence-corrected chi connectivity index (χ3v) is 5.84. The van der Waals surface area contributed by atoms with E-state index in [4.69, 9.17) is 9.84 Å². The van der Waals surface area contributed by atoms with Crippen molar-refractivity contribution >= 4 is 6.09 Å². The van der Waals surface area contributed by atoms with Gasteiger partial charge in [-0.05, 0) is 11.1 Å². The number of morpholine rings is 1. The molecule has 1 amide bonds. The molecule has 0 bridgehead atoms. The molecule has 2 aliphatic heterocycles. The zero-order valence-electron chi connectivity index (χ0n) is 16.0. The number of nitrogens with zero attached hydrogens (tertiary/aromatic N) is 2. The van der Waals surface area contributed by atoms with Crippen LogP contribution in [-0.4, -0.2) is 72.5 Å². The van der Waals surface area contributed by atoms with E-state index in [0.29, 0.717) is 19.8 Å². The maximum Gasteiger partial charge on any atom is 0.404 e. The van der Waals surface area contributed by atoms with Crippen molar-refractivity contribution in [2.24, 2.45) is 0 Å². The first-order valence-corrected chi connectivity index (χ1v) is 9.81. The number of rotatable bonds is 6. The number of benzene rings is 2. The van der Waals surface area contributed by atoms with E-state index in [1.54, 1.807) is 0 Å². The van der Waals surface area contributed by atoms with Crippen LogP contribution in [-0.2, 0) is 4.74 Å². The fourth-order valence-electron chi connectivity index (χ4n) is 4.48. The first-order valence-electron chi connectivity index (χ1n) is 9.81. The Morgan fingerprint density at radius 2 is 1.54 bits per heavy atom. The lowest BCUT2D eigenvalue weighted by atomic mass is 9.82. The van der Waals surface area contributed by atoms with Crippen molar-refractivity contribution in [2.45, 2.75) is 11.6 Å². The number of nitrogens with one attached hydrogen (secondary N) is 1. The van der Waals surface area contributed by atoms with Crippen LogP contribution in [0.25, 0.3) is 0 Å². The van der Waals surface area contributed by atoms with Crippen LogP contribution in [0, 0.1) is 0 Å². The van der Waals surface area contributed by atoms with Crippen LogP contribution < -0.4 is 5.32 Å². The average Bonchev–Trinajstić information content (AvgIpc) is 2.71. The Kier molecular flexibility index (Phi) is 5.62. The zero-order valence-corrected chi connectivity index (χ0v) is 16.0. The predicted octanol–water partition coefficient (Wildman–Crippen LogP) is 2.43. The molecule has 148 valence electrons. The van der Waals surface area contributed by atoms with Crippen LogP contribution in [0.3, 0.4) is 0 Å². The molecule has 2 aliphatic rings. The molecular formula is C22H27N3O3. The van der Waals surface area contributed by atoms with Gasteiger partial charge in [0.15, 0.2) is 0 Å². The van der Waals surface area contributed by atoms with E-state index in [2.05, 4.69) is 63.6 Å². The highest BCUT2D eigenvalue weighted by atomic mass is 16.5. The molecule has 0 atom stereocenters. The van der Waals surface area contributed by atoms with Crippen molar-refractivity contribution in [3.05, 3.63) is 71.8 Å². The molecule has 0 aliphatic carbocycles. The molecular weight excluding hydrogens is 354 g/mol. The molecule has 2 aromatic carbocycles. The second-order valence-corrected chi connectivity index (χ2v) is 7.61. The van der Waals surface area contributed by atoms with Crippen molar-refractivity contribution in [1.29, 1.82) is 0 Å². The largest absolute Gasteiger partial charge is 0.465 e. The molecule has 0 saturated carbocycles. The topological polar surface area (TPSA) is 65.0 Å². The Hall–Kier alpha value is -2.41. The van der Waals surface area contributed by atoms with Gasteiger partial charge in [-0.2, -0.15) is 0 Å². The second kappa shape index (κ2) is 8.31. The third kappa shape index (κ3) is 3.90. The third-order valence-electron chi connectivity index (χ3n) is 5.84. The van der Waals surface area contributed by atoms with Crippen LogP contribution in [0.2, 0.25) is 0 Å². The van der Waals surface area contributed by atoms with Crippen LogP contribution >= 0.6 is 0 Å². The summed E-state index contributed by atoms with van der Waals surface area (Å²) >= 11 is 0. The summed E-state index contributed by atoms with van der Waals surface area (Å²) in [6, 6.07) is 21.2. The fraction of sp³-hybridized carbons (Fsp3) is 0.409. The van der Waals surface area contributed by atoms with Gasteiger partial charge in [0.05, 0.1) is 24.8 Å². The molecule has 28 heavy (non-hydrogen) atoms. The summed E-state index contributed by atoms with van der Waals surface area (Å²) in [5.74, 6) is 0. The van der Waals surface area contributed by atoms with E-state index in [1.165, 1.54) is 11.1 Å². The Bertz CT molecular complexity index is 733. The molecule has 2 heterocycles. The number of likely N-dealkylation sites (tertiary alicyclic amines) is 1. The number of carboxylic acid groups (broad SMARTS) is 1. The smallest absolute Gasteiger partial charge is 0.404 e. The molecule has 2 saturated heterocycles. The first-order chi connectivity index (χ1) is 13.7. The molecule has 4 rings (SSSR count). The van der Waals surface area contributed by atoms with Crippen molar-refractivity contribution < 1.29 is 14.6 Å². The molecule has 2 fully saturated rings. The molecule has 0 spiro atoms. The Morgan fingerprint density at radius 3 is 2.04 bits per heavy atom. The minimum absolute atomic E-state index is 0.168. The lowest BCUT2D eigenvalue weighted by Crippen LogP contribution is -2.75. The molecule has 0 aromatic heterocycles. The van der Waals surface area contributed by atoms with E-state index in [0.717, 1.165) is 26.2 Å². The summed E-state index contributed by atoms with van der Waals surface area (Å²) in [5.41, 5.74) is 2.34. The van der Waals surface area contributed by atoms with Crippen molar-refractivity contribution in [2.75, 3.05) is 45.9 Å². The van der Waals surface area contributed by atoms with Gasteiger partial charge >= 0.3 is 6.09 Å². The minimum Gasteiger partial charge on any atom is -0.465 e. The van der Waals surface area contributed by atoms with Crippen molar-refractivity contribution in [1.82, 2.24) is 15.1 Å².